The van der Waals surface area contributed by atoms with Crippen LogP contribution in [0.25, 0.3) is 0 Å². The summed E-state index contributed by atoms with van der Waals surface area (Å²) in [4.78, 5) is 35.3. The maximum atomic E-state index is 12.1. The van der Waals surface area contributed by atoms with Gasteiger partial charge < -0.3 is 11.1 Å². The number of Topliss-reactive ketones (excluding diaryl/α,β-unsaturated/α-hetero) is 2. The van der Waals surface area contributed by atoms with Crippen LogP contribution in [0.2, 0.25) is 0 Å². The standard InChI is InChI=1S/C14H28N4O3S2/c1-3-9(14(15)21)17-5-13(20)11(8-23)18-6-12(19)10(7-22)16-4-2/h9-11,16-18,22-23H,3-8H2,1-2H3,(H2,15,21)/t9-,10-,11-/m0/s1. The van der Waals surface area contributed by atoms with E-state index in [1.807, 2.05) is 6.92 Å². The zero-order valence-corrected chi connectivity index (χ0v) is 15.5. The third kappa shape index (κ3) is 8.71. The van der Waals surface area contributed by atoms with Gasteiger partial charge in [-0.1, -0.05) is 13.8 Å². The SMILES string of the molecule is CCN[C@@H](CS)C(=O)CN[C@@H](CS)C(=O)CN[C@@H](CC)C(N)=O. The van der Waals surface area contributed by atoms with Crippen LogP contribution >= 0.6 is 25.3 Å². The fraction of sp³-hybridized carbons (Fsp3) is 0.786. The summed E-state index contributed by atoms with van der Waals surface area (Å²) in [5.74, 6) is -0.0652. The molecule has 0 saturated carbocycles. The van der Waals surface area contributed by atoms with Crippen LogP contribution in [0.15, 0.2) is 0 Å². The van der Waals surface area contributed by atoms with Crippen LogP contribution in [0.5, 0.6) is 0 Å². The van der Waals surface area contributed by atoms with E-state index in [1.165, 1.54) is 0 Å². The third-order valence-corrected chi connectivity index (χ3v) is 4.12. The van der Waals surface area contributed by atoms with E-state index in [2.05, 4.69) is 41.2 Å². The van der Waals surface area contributed by atoms with Crippen LogP contribution in [0.1, 0.15) is 20.3 Å². The Kier molecular flexibility index (Phi) is 12.4. The molecule has 1 amide bonds. The van der Waals surface area contributed by atoms with Crippen LogP contribution in [0.4, 0.5) is 0 Å². The van der Waals surface area contributed by atoms with E-state index in [0.717, 1.165) is 0 Å². The van der Waals surface area contributed by atoms with Gasteiger partial charge in [0, 0.05) is 11.5 Å². The van der Waals surface area contributed by atoms with Crippen molar-refractivity contribution in [2.75, 3.05) is 31.1 Å². The number of nitrogens with two attached hydrogens (primary N) is 1. The van der Waals surface area contributed by atoms with E-state index in [-0.39, 0.29) is 36.5 Å². The van der Waals surface area contributed by atoms with Gasteiger partial charge in [-0.05, 0) is 13.0 Å². The van der Waals surface area contributed by atoms with E-state index in [9.17, 15) is 14.4 Å². The minimum absolute atomic E-state index is 0.00291. The lowest BCUT2D eigenvalue weighted by molar-refractivity contribution is -0.121. The summed E-state index contributed by atoms with van der Waals surface area (Å²) < 4.78 is 0. The quantitative estimate of drug-likeness (QED) is 0.215. The smallest absolute Gasteiger partial charge is 0.234 e. The Morgan fingerprint density at radius 3 is 1.65 bits per heavy atom. The number of nitrogens with one attached hydrogen (secondary N) is 3. The van der Waals surface area contributed by atoms with E-state index < -0.39 is 18.0 Å². The highest BCUT2D eigenvalue weighted by Crippen LogP contribution is 1.95. The second kappa shape index (κ2) is 12.8. The number of hydrogen-bond acceptors (Lipinski definition) is 8. The average molecular weight is 365 g/mol. The summed E-state index contributed by atoms with van der Waals surface area (Å²) in [5.41, 5.74) is 5.22. The largest absolute Gasteiger partial charge is 0.368 e. The molecule has 0 fully saturated rings. The van der Waals surface area contributed by atoms with Gasteiger partial charge in [-0.15, -0.1) is 0 Å². The fourth-order valence-electron chi connectivity index (χ4n) is 1.95. The van der Waals surface area contributed by atoms with E-state index in [4.69, 9.17) is 5.73 Å². The number of rotatable bonds is 14. The van der Waals surface area contributed by atoms with Crippen molar-refractivity contribution in [1.29, 1.82) is 0 Å². The minimum Gasteiger partial charge on any atom is -0.368 e. The van der Waals surface area contributed by atoms with Gasteiger partial charge in [-0.3, -0.25) is 25.0 Å². The Balaban J connectivity index is 4.39. The van der Waals surface area contributed by atoms with Crippen molar-refractivity contribution in [3.05, 3.63) is 0 Å². The molecule has 0 heterocycles. The molecule has 23 heavy (non-hydrogen) atoms. The average Bonchev–Trinajstić information content (AvgIpc) is 2.53. The first kappa shape index (κ1) is 22.4. The number of hydrogen-bond donors (Lipinski definition) is 6. The van der Waals surface area contributed by atoms with Crippen LogP contribution < -0.4 is 21.7 Å². The van der Waals surface area contributed by atoms with Gasteiger partial charge in [0.25, 0.3) is 0 Å². The minimum atomic E-state index is -0.567. The molecule has 7 nitrogen and oxygen atoms in total. The second-order valence-corrected chi connectivity index (χ2v) is 5.82. The third-order valence-electron chi connectivity index (χ3n) is 3.39. The van der Waals surface area contributed by atoms with Gasteiger partial charge in [-0.2, -0.15) is 25.3 Å². The van der Waals surface area contributed by atoms with Crippen LogP contribution in [-0.4, -0.2) is 66.7 Å². The van der Waals surface area contributed by atoms with Gasteiger partial charge in [0.1, 0.15) is 0 Å². The van der Waals surface area contributed by atoms with Gasteiger partial charge in [0.15, 0.2) is 11.6 Å². The number of carbonyl (C=O) groups is 3. The molecule has 0 unspecified atom stereocenters. The number of primary amides is 1. The summed E-state index contributed by atoms with van der Waals surface area (Å²) in [6.45, 7) is 4.44. The van der Waals surface area contributed by atoms with Gasteiger partial charge in [-0.25, -0.2) is 0 Å². The molecule has 0 bridgehead atoms. The molecule has 0 aliphatic heterocycles. The van der Waals surface area contributed by atoms with Crippen molar-refractivity contribution in [3.8, 4) is 0 Å². The molecule has 0 saturated heterocycles. The first-order valence-electron chi connectivity index (χ1n) is 7.67. The molecule has 0 aromatic heterocycles. The highest BCUT2D eigenvalue weighted by molar-refractivity contribution is 7.80. The van der Waals surface area contributed by atoms with Crippen LogP contribution in [-0.2, 0) is 14.4 Å². The molecule has 5 N–H and O–H groups in total. The van der Waals surface area contributed by atoms with Crippen molar-refractivity contribution in [2.45, 2.75) is 38.4 Å². The lowest BCUT2D eigenvalue weighted by atomic mass is 10.1. The molecule has 134 valence electrons. The Labute approximate surface area is 148 Å². The molecule has 0 aliphatic rings. The summed E-state index contributed by atoms with van der Waals surface area (Å²) >= 11 is 8.27. The Morgan fingerprint density at radius 1 is 0.870 bits per heavy atom. The molecule has 9 heteroatoms. The predicted molar refractivity (Wildman–Crippen MR) is 98.3 cm³/mol. The first-order chi connectivity index (χ1) is 10.9. The normalized spacial score (nSPS) is 15.0. The number of likely N-dealkylation sites (N-methyl/N-ethyl adjacent to an activating group) is 1. The predicted octanol–water partition coefficient (Wildman–Crippen LogP) is -1.23. The summed E-state index contributed by atoms with van der Waals surface area (Å²) in [7, 11) is 0. The zero-order chi connectivity index (χ0) is 17.8. The van der Waals surface area contributed by atoms with Gasteiger partial charge in [0.05, 0.1) is 31.2 Å². The lowest BCUT2D eigenvalue weighted by Crippen LogP contribution is -2.51. The van der Waals surface area contributed by atoms with Crippen molar-refractivity contribution >= 4 is 42.7 Å². The molecule has 0 spiro atoms. The van der Waals surface area contributed by atoms with Crippen molar-refractivity contribution < 1.29 is 14.4 Å². The van der Waals surface area contributed by atoms with E-state index in [0.29, 0.717) is 18.7 Å². The highest BCUT2D eigenvalue weighted by Gasteiger charge is 2.22. The topological polar surface area (TPSA) is 113 Å². The summed E-state index contributed by atoms with van der Waals surface area (Å²) in [6, 6.07) is -1.45. The second-order valence-electron chi connectivity index (χ2n) is 5.09. The van der Waals surface area contributed by atoms with Crippen LogP contribution in [0.3, 0.4) is 0 Å². The maximum absolute atomic E-state index is 12.1. The van der Waals surface area contributed by atoms with Gasteiger partial charge >= 0.3 is 0 Å². The number of thiol groups is 2. The summed E-state index contributed by atoms with van der Waals surface area (Å²) in [5, 5.41) is 8.75. The monoisotopic (exact) mass is 364 g/mol. The number of carbonyl (C=O) groups excluding carboxylic acids is 3. The van der Waals surface area contributed by atoms with Gasteiger partial charge in [0.2, 0.25) is 5.91 Å². The van der Waals surface area contributed by atoms with Crippen LogP contribution in [0, 0.1) is 0 Å². The molecular weight excluding hydrogens is 336 g/mol. The van der Waals surface area contributed by atoms with Crippen molar-refractivity contribution in [1.82, 2.24) is 16.0 Å². The summed E-state index contributed by atoms with van der Waals surface area (Å²) in [6.07, 6.45) is 0.506. The number of ketones is 2. The molecule has 0 aliphatic carbocycles. The molecule has 0 rings (SSSR count). The Bertz CT molecular complexity index is 396. The molecule has 0 aromatic rings. The highest BCUT2D eigenvalue weighted by atomic mass is 32.1. The Hall–Kier alpha value is -0.610. The lowest BCUT2D eigenvalue weighted by Gasteiger charge is -2.19. The Morgan fingerprint density at radius 2 is 1.30 bits per heavy atom. The molecule has 0 radical (unpaired) electrons. The number of amides is 1. The van der Waals surface area contributed by atoms with Crippen molar-refractivity contribution in [2.24, 2.45) is 5.73 Å². The molecular formula is C14H28N4O3S2. The zero-order valence-electron chi connectivity index (χ0n) is 13.7. The maximum Gasteiger partial charge on any atom is 0.234 e. The first-order valence-corrected chi connectivity index (χ1v) is 8.94. The molecule has 0 aromatic carbocycles. The molecule has 3 atom stereocenters. The van der Waals surface area contributed by atoms with E-state index in [1.54, 1.807) is 6.92 Å². The van der Waals surface area contributed by atoms with E-state index >= 15 is 0 Å². The van der Waals surface area contributed by atoms with Crippen molar-refractivity contribution in [3.63, 3.8) is 0 Å². The fourth-order valence-corrected chi connectivity index (χ4v) is 2.61.